The molecular formula is C12H17N5O2S. The van der Waals surface area contributed by atoms with Gasteiger partial charge in [-0.15, -0.1) is 0 Å². The molecule has 2 aromatic rings. The Morgan fingerprint density at radius 2 is 2.05 bits per heavy atom. The predicted octanol–water partition coefficient (Wildman–Crippen LogP) is 0.942. The Morgan fingerprint density at radius 1 is 1.30 bits per heavy atom. The molecule has 8 heteroatoms. The summed E-state index contributed by atoms with van der Waals surface area (Å²) >= 11 is 0. The van der Waals surface area contributed by atoms with Crippen molar-refractivity contribution < 1.29 is 8.42 Å². The fourth-order valence-electron chi connectivity index (χ4n) is 1.93. The number of pyridine rings is 1. The number of rotatable bonds is 5. The van der Waals surface area contributed by atoms with Crippen molar-refractivity contribution in [2.24, 2.45) is 0 Å². The molecule has 0 amide bonds. The summed E-state index contributed by atoms with van der Waals surface area (Å²) < 4.78 is 27.5. The van der Waals surface area contributed by atoms with Gasteiger partial charge in [0.25, 0.3) is 10.0 Å². The molecule has 0 bridgehead atoms. The van der Waals surface area contributed by atoms with Crippen LogP contribution in [0.2, 0.25) is 0 Å². The molecule has 0 spiro atoms. The van der Waals surface area contributed by atoms with Crippen LogP contribution in [0.1, 0.15) is 17.0 Å². The molecule has 20 heavy (non-hydrogen) atoms. The number of aromatic nitrogens is 3. The zero-order chi connectivity index (χ0) is 14.8. The van der Waals surface area contributed by atoms with Crippen molar-refractivity contribution in [1.29, 1.82) is 0 Å². The Labute approximate surface area is 117 Å². The summed E-state index contributed by atoms with van der Waals surface area (Å²) in [5.41, 5.74) is 2.27. The van der Waals surface area contributed by atoms with E-state index in [0.29, 0.717) is 23.6 Å². The first-order valence-corrected chi connectivity index (χ1v) is 7.55. The van der Waals surface area contributed by atoms with E-state index in [0.717, 1.165) is 5.56 Å². The van der Waals surface area contributed by atoms with Crippen LogP contribution in [0.4, 0.5) is 5.69 Å². The van der Waals surface area contributed by atoms with Crippen molar-refractivity contribution in [1.82, 2.24) is 20.5 Å². The molecule has 7 nitrogen and oxygen atoms in total. The summed E-state index contributed by atoms with van der Waals surface area (Å²) in [7, 11) is -1.96. The molecule has 0 saturated carbocycles. The second kappa shape index (κ2) is 5.59. The van der Waals surface area contributed by atoms with Gasteiger partial charge in [-0.25, -0.2) is 8.42 Å². The van der Waals surface area contributed by atoms with E-state index in [2.05, 4.69) is 25.2 Å². The first-order valence-electron chi connectivity index (χ1n) is 6.07. The molecule has 0 aliphatic heterocycles. The van der Waals surface area contributed by atoms with Gasteiger partial charge in [0.05, 0.1) is 23.3 Å². The Hall–Kier alpha value is -1.93. The van der Waals surface area contributed by atoms with Crippen molar-refractivity contribution in [3.63, 3.8) is 0 Å². The van der Waals surface area contributed by atoms with Gasteiger partial charge in [0.1, 0.15) is 4.90 Å². The molecule has 2 rings (SSSR count). The van der Waals surface area contributed by atoms with Crippen LogP contribution < -0.4 is 10.0 Å². The molecule has 0 atom stereocenters. The molecule has 0 aliphatic rings. The van der Waals surface area contributed by atoms with E-state index in [1.165, 1.54) is 6.20 Å². The van der Waals surface area contributed by atoms with Crippen LogP contribution in [0.5, 0.6) is 0 Å². The molecule has 3 N–H and O–H groups in total. The van der Waals surface area contributed by atoms with Crippen LogP contribution in [-0.4, -0.2) is 30.6 Å². The lowest BCUT2D eigenvalue weighted by Crippen LogP contribution is -2.17. The largest absolute Gasteiger partial charge is 0.314 e. The number of aryl methyl sites for hydroxylation is 2. The lowest BCUT2D eigenvalue weighted by Gasteiger charge is -2.09. The van der Waals surface area contributed by atoms with E-state index >= 15 is 0 Å². The topological polar surface area (TPSA) is 99.8 Å². The molecule has 0 aromatic carbocycles. The molecule has 2 heterocycles. The van der Waals surface area contributed by atoms with Gasteiger partial charge in [-0.2, -0.15) is 5.10 Å². The van der Waals surface area contributed by atoms with Gasteiger partial charge < -0.3 is 5.32 Å². The van der Waals surface area contributed by atoms with Crippen molar-refractivity contribution in [2.75, 3.05) is 11.8 Å². The Morgan fingerprint density at radius 3 is 2.70 bits per heavy atom. The molecule has 0 aliphatic carbocycles. The minimum absolute atomic E-state index is 0.174. The van der Waals surface area contributed by atoms with Gasteiger partial charge in [0.2, 0.25) is 0 Å². The average molecular weight is 295 g/mol. The molecule has 0 fully saturated rings. The van der Waals surface area contributed by atoms with Gasteiger partial charge in [-0.1, -0.05) is 0 Å². The van der Waals surface area contributed by atoms with Crippen molar-refractivity contribution >= 4 is 15.7 Å². The maximum atomic E-state index is 12.5. The highest BCUT2D eigenvalue weighted by molar-refractivity contribution is 7.92. The highest BCUT2D eigenvalue weighted by Gasteiger charge is 2.24. The SMILES string of the molecule is CNCc1n[nH]c(C)c1S(=O)(=O)Nc1cncc(C)c1. The minimum atomic E-state index is -3.69. The average Bonchev–Trinajstić information content (AvgIpc) is 2.71. The van der Waals surface area contributed by atoms with Crippen LogP contribution in [0.3, 0.4) is 0 Å². The van der Waals surface area contributed by atoms with Gasteiger partial charge in [0.15, 0.2) is 0 Å². The van der Waals surface area contributed by atoms with Gasteiger partial charge >= 0.3 is 0 Å². The molecule has 0 saturated heterocycles. The maximum absolute atomic E-state index is 12.5. The van der Waals surface area contributed by atoms with Gasteiger partial charge in [0, 0.05) is 12.7 Å². The monoisotopic (exact) mass is 295 g/mol. The summed E-state index contributed by atoms with van der Waals surface area (Å²) in [6, 6.07) is 1.72. The fourth-order valence-corrected chi connectivity index (χ4v) is 3.33. The number of anilines is 1. The normalized spacial score (nSPS) is 11.6. The molecule has 0 unspecified atom stereocenters. The standard InChI is InChI=1S/C12H17N5O2S/c1-8-4-10(6-14-5-8)17-20(18,19)12-9(2)15-16-11(12)7-13-3/h4-6,13,17H,7H2,1-3H3,(H,15,16). The lowest BCUT2D eigenvalue weighted by atomic mass is 10.3. The highest BCUT2D eigenvalue weighted by atomic mass is 32.2. The summed E-state index contributed by atoms with van der Waals surface area (Å²) in [4.78, 5) is 4.14. The van der Waals surface area contributed by atoms with E-state index in [-0.39, 0.29) is 4.90 Å². The van der Waals surface area contributed by atoms with Crippen molar-refractivity contribution in [2.45, 2.75) is 25.3 Å². The van der Waals surface area contributed by atoms with Crippen LogP contribution >= 0.6 is 0 Å². The lowest BCUT2D eigenvalue weighted by molar-refractivity contribution is 0.598. The number of nitrogens with one attached hydrogen (secondary N) is 3. The summed E-state index contributed by atoms with van der Waals surface area (Å²) in [6.07, 6.45) is 3.13. The highest BCUT2D eigenvalue weighted by Crippen LogP contribution is 2.21. The summed E-state index contributed by atoms with van der Waals surface area (Å²) in [6.45, 7) is 3.89. The second-order valence-corrected chi connectivity index (χ2v) is 6.13. The number of nitrogens with zero attached hydrogens (tertiary/aromatic N) is 2. The minimum Gasteiger partial charge on any atom is -0.314 e. The van der Waals surface area contributed by atoms with Crippen LogP contribution in [0.15, 0.2) is 23.4 Å². The summed E-state index contributed by atoms with van der Waals surface area (Å²) in [5, 5.41) is 9.60. The van der Waals surface area contributed by atoms with Crippen molar-refractivity contribution in [3.8, 4) is 0 Å². The number of H-pyrrole nitrogens is 1. The maximum Gasteiger partial charge on any atom is 0.265 e. The quantitative estimate of drug-likeness (QED) is 0.762. The van der Waals surface area contributed by atoms with Crippen LogP contribution in [0.25, 0.3) is 0 Å². The fraction of sp³-hybridized carbons (Fsp3) is 0.333. The Balaban J connectivity index is 2.38. The Bertz CT molecular complexity index is 708. The smallest absolute Gasteiger partial charge is 0.265 e. The first-order chi connectivity index (χ1) is 9.44. The first kappa shape index (κ1) is 14.5. The zero-order valence-electron chi connectivity index (χ0n) is 11.6. The summed E-state index contributed by atoms with van der Waals surface area (Å²) in [5.74, 6) is 0. The molecular weight excluding hydrogens is 278 g/mol. The van der Waals surface area contributed by atoms with E-state index in [4.69, 9.17) is 0 Å². The van der Waals surface area contributed by atoms with E-state index in [1.807, 2.05) is 6.92 Å². The molecule has 0 radical (unpaired) electrons. The van der Waals surface area contributed by atoms with Crippen LogP contribution in [0, 0.1) is 13.8 Å². The van der Waals surface area contributed by atoms with Gasteiger partial charge in [-0.05, 0) is 32.5 Å². The molecule has 108 valence electrons. The number of hydrogen-bond acceptors (Lipinski definition) is 5. The van der Waals surface area contributed by atoms with Crippen LogP contribution in [-0.2, 0) is 16.6 Å². The predicted molar refractivity (Wildman–Crippen MR) is 75.9 cm³/mol. The third-order valence-corrected chi connectivity index (χ3v) is 4.29. The van der Waals surface area contributed by atoms with E-state index in [9.17, 15) is 8.42 Å². The second-order valence-electron chi connectivity index (χ2n) is 4.51. The number of sulfonamides is 1. The van der Waals surface area contributed by atoms with Crippen molar-refractivity contribution in [3.05, 3.63) is 35.4 Å². The third-order valence-electron chi connectivity index (χ3n) is 2.70. The van der Waals surface area contributed by atoms with E-state index in [1.54, 1.807) is 26.2 Å². The zero-order valence-corrected chi connectivity index (χ0v) is 12.4. The Kier molecular flexibility index (Phi) is 4.05. The van der Waals surface area contributed by atoms with Gasteiger partial charge in [-0.3, -0.25) is 14.8 Å². The number of hydrogen-bond donors (Lipinski definition) is 3. The molecule has 2 aromatic heterocycles. The van der Waals surface area contributed by atoms with E-state index < -0.39 is 10.0 Å². The number of aromatic amines is 1. The third kappa shape index (κ3) is 2.97.